The molecule has 0 spiro atoms. The number of benzene rings is 1. The molecule has 3 aromatic rings. The maximum absolute atomic E-state index is 5.56. The molecule has 0 saturated heterocycles. The smallest absolute Gasteiger partial charge is 0.108 e. The summed E-state index contributed by atoms with van der Waals surface area (Å²) in [5.74, 6) is 1.16. The van der Waals surface area contributed by atoms with E-state index in [1.165, 1.54) is 29.5 Å². The SMILES string of the molecule is c1cnn(Cc2ccc(CNC3CCCc4occc43)cc2)c1. The zero-order valence-electron chi connectivity index (χ0n) is 13.1. The fraction of sp³-hybridized carbons (Fsp3) is 0.316. The van der Waals surface area contributed by atoms with Crippen LogP contribution in [0.5, 0.6) is 0 Å². The Morgan fingerprint density at radius 3 is 2.87 bits per heavy atom. The van der Waals surface area contributed by atoms with Gasteiger partial charge in [0.25, 0.3) is 0 Å². The molecule has 0 radical (unpaired) electrons. The van der Waals surface area contributed by atoms with Gasteiger partial charge in [-0.1, -0.05) is 24.3 Å². The van der Waals surface area contributed by atoms with Gasteiger partial charge in [-0.25, -0.2) is 0 Å². The van der Waals surface area contributed by atoms with Gasteiger partial charge >= 0.3 is 0 Å². The minimum absolute atomic E-state index is 0.418. The third-order valence-electron chi connectivity index (χ3n) is 4.53. The van der Waals surface area contributed by atoms with E-state index in [-0.39, 0.29) is 0 Å². The van der Waals surface area contributed by atoms with Crippen LogP contribution in [0.1, 0.15) is 41.3 Å². The van der Waals surface area contributed by atoms with Crippen molar-refractivity contribution in [3.63, 3.8) is 0 Å². The molecule has 2 heterocycles. The van der Waals surface area contributed by atoms with Crippen LogP contribution in [0, 0.1) is 0 Å². The minimum Gasteiger partial charge on any atom is -0.469 e. The van der Waals surface area contributed by atoms with Gasteiger partial charge in [-0.15, -0.1) is 0 Å². The number of fused-ring (bicyclic) bond motifs is 1. The lowest BCUT2D eigenvalue weighted by Crippen LogP contribution is -2.24. The van der Waals surface area contributed by atoms with Crippen molar-refractivity contribution in [2.45, 2.75) is 38.4 Å². The van der Waals surface area contributed by atoms with Crippen LogP contribution in [-0.2, 0) is 19.5 Å². The summed E-state index contributed by atoms with van der Waals surface area (Å²) in [5, 5.41) is 7.91. The van der Waals surface area contributed by atoms with Crippen LogP contribution in [0.2, 0.25) is 0 Å². The molecule has 118 valence electrons. The molecule has 1 N–H and O–H groups in total. The van der Waals surface area contributed by atoms with Crippen LogP contribution in [0.15, 0.2) is 59.5 Å². The maximum atomic E-state index is 5.56. The maximum Gasteiger partial charge on any atom is 0.108 e. The summed E-state index contributed by atoms with van der Waals surface area (Å²) in [4.78, 5) is 0. The van der Waals surface area contributed by atoms with E-state index >= 15 is 0 Å². The summed E-state index contributed by atoms with van der Waals surface area (Å²) in [6.45, 7) is 1.71. The van der Waals surface area contributed by atoms with E-state index in [9.17, 15) is 0 Å². The van der Waals surface area contributed by atoms with E-state index in [1.807, 2.05) is 29.4 Å². The molecule has 1 atom stereocenters. The average molecular weight is 307 g/mol. The van der Waals surface area contributed by atoms with E-state index in [0.717, 1.165) is 25.3 Å². The topological polar surface area (TPSA) is 43.0 Å². The highest BCUT2D eigenvalue weighted by atomic mass is 16.3. The molecule has 4 nitrogen and oxygen atoms in total. The Hall–Kier alpha value is -2.33. The van der Waals surface area contributed by atoms with Gasteiger partial charge in [0.2, 0.25) is 0 Å². The Morgan fingerprint density at radius 2 is 2.04 bits per heavy atom. The second-order valence-electron chi connectivity index (χ2n) is 6.14. The predicted octanol–water partition coefficient (Wildman–Crippen LogP) is 3.69. The second kappa shape index (κ2) is 6.42. The third-order valence-corrected chi connectivity index (χ3v) is 4.53. The molecule has 4 heteroatoms. The lowest BCUT2D eigenvalue weighted by molar-refractivity contribution is 0.411. The van der Waals surface area contributed by atoms with Crippen molar-refractivity contribution in [2.75, 3.05) is 0 Å². The Morgan fingerprint density at radius 1 is 1.17 bits per heavy atom. The molecular formula is C19H21N3O. The fourth-order valence-electron chi connectivity index (χ4n) is 3.28. The molecule has 1 aliphatic carbocycles. The van der Waals surface area contributed by atoms with Crippen molar-refractivity contribution in [2.24, 2.45) is 0 Å². The summed E-state index contributed by atoms with van der Waals surface area (Å²) in [5.41, 5.74) is 3.92. The first-order valence-corrected chi connectivity index (χ1v) is 8.23. The molecule has 1 unspecified atom stereocenters. The number of hydrogen-bond donors (Lipinski definition) is 1. The van der Waals surface area contributed by atoms with E-state index in [1.54, 1.807) is 0 Å². The van der Waals surface area contributed by atoms with Crippen LogP contribution >= 0.6 is 0 Å². The molecule has 2 aromatic heterocycles. The van der Waals surface area contributed by atoms with E-state index in [2.05, 4.69) is 40.7 Å². The van der Waals surface area contributed by atoms with Crippen LogP contribution < -0.4 is 5.32 Å². The standard InChI is InChI=1S/C19H21N3O/c1-3-18(17-9-12-23-19(17)4-1)20-13-15-5-7-16(8-6-15)14-22-11-2-10-21-22/h2,5-12,18,20H,1,3-4,13-14H2. The number of aromatic nitrogens is 2. The van der Waals surface area contributed by atoms with Crippen LogP contribution in [0.4, 0.5) is 0 Å². The van der Waals surface area contributed by atoms with Gasteiger partial charge in [0, 0.05) is 37.0 Å². The molecule has 4 rings (SSSR count). The van der Waals surface area contributed by atoms with E-state index in [4.69, 9.17) is 4.42 Å². The quantitative estimate of drug-likeness (QED) is 0.781. The molecule has 0 bridgehead atoms. The van der Waals surface area contributed by atoms with Gasteiger partial charge in [-0.05, 0) is 36.1 Å². The van der Waals surface area contributed by atoms with Crippen molar-refractivity contribution < 1.29 is 4.42 Å². The van der Waals surface area contributed by atoms with Crippen molar-refractivity contribution in [3.8, 4) is 0 Å². The Bertz CT molecular complexity index is 743. The number of aryl methyl sites for hydroxylation is 1. The van der Waals surface area contributed by atoms with Crippen molar-refractivity contribution in [1.29, 1.82) is 0 Å². The first-order chi connectivity index (χ1) is 11.4. The Balaban J connectivity index is 1.37. The van der Waals surface area contributed by atoms with Crippen molar-refractivity contribution in [3.05, 3.63) is 77.5 Å². The largest absolute Gasteiger partial charge is 0.469 e. The zero-order valence-corrected chi connectivity index (χ0v) is 13.1. The zero-order chi connectivity index (χ0) is 15.5. The van der Waals surface area contributed by atoms with Crippen molar-refractivity contribution >= 4 is 0 Å². The van der Waals surface area contributed by atoms with E-state index < -0.39 is 0 Å². The normalized spacial score (nSPS) is 17.1. The fourth-order valence-corrected chi connectivity index (χ4v) is 3.28. The Labute approximate surface area is 136 Å². The van der Waals surface area contributed by atoms with Crippen LogP contribution in [-0.4, -0.2) is 9.78 Å². The van der Waals surface area contributed by atoms with Gasteiger partial charge in [0.1, 0.15) is 5.76 Å². The van der Waals surface area contributed by atoms with Crippen LogP contribution in [0.25, 0.3) is 0 Å². The van der Waals surface area contributed by atoms with Gasteiger partial charge in [0.05, 0.1) is 12.8 Å². The highest BCUT2D eigenvalue weighted by Crippen LogP contribution is 2.30. The molecule has 1 aliphatic rings. The van der Waals surface area contributed by atoms with Gasteiger partial charge in [0.15, 0.2) is 0 Å². The number of nitrogens with zero attached hydrogens (tertiary/aromatic N) is 2. The second-order valence-corrected chi connectivity index (χ2v) is 6.14. The monoisotopic (exact) mass is 307 g/mol. The van der Waals surface area contributed by atoms with Crippen molar-refractivity contribution in [1.82, 2.24) is 15.1 Å². The molecule has 0 fully saturated rings. The summed E-state index contributed by atoms with van der Waals surface area (Å²) in [7, 11) is 0. The minimum atomic E-state index is 0.418. The lowest BCUT2D eigenvalue weighted by atomic mass is 9.93. The lowest BCUT2D eigenvalue weighted by Gasteiger charge is -2.23. The summed E-state index contributed by atoms with van der Waals surface area (Å²) in [6, 6.07) is 13.2. The molecule has 0 aliphatic heterocycles. The first-order valence-electron chi connectivity index (χ1n) is 8.23. The summed E-state index contributed by atoms with van der Waals surface area (Å²) >= 11 is 0. The third kappa shape index (κ3) is 3.22. The van der Waals surface area contributed by atoms with Gasteiger partial charge in [-0.2, -0.15) is 5.10 Å². The Kier molecular flexibility index (Phi) is 3.99. The molecular weight excluding hydrogens is 286 g/mol. The molecule has 23 heavy (non-hydrogen) atoms. The number of furan rings is 1. The van der Waals surface area contributed by atoms with Crippen LogP contribution in [0.3, 0.4) is 0 Å². The predicted molar refractivity (Wildman–Crippen MR) is 89.0 cm³/mol. The number of hydrogen-bond acceptors (Lipinski definition) is 3. The van der Waals surface area contributed by atoms with Gasteiger partial charge in [-0.3, -0.25) is 4.68 Å². The first kappa shape index (κ1) is 14.3. The highest BCUT2D eigenvalue weighted by Gasteiger charge is 2.21. The molecule has 0 saturated carbocycles. The van der Waals surface area contributed by atoms with Gasteiger partial charge < -0.3 is 9.73 Å². The molecule has 0 amide bonds. The average Bonchev–Trinajstić information content (AvgIpc) is 3.25. The summed E-state index contributed by atoms with van der Waals surface area (Å²) < 4.78 is 7.50. The summed E-state index contributed by atoms with van der Waals surface area (Å²) in [6.07, 6.45) is 9.07. The van der Waals surface area contributed by atoms with E-state index in [0.29, 0.717) is 6.04 Å². The highest BCUT2D eigenvalue weighted by molar-refractivity contribution is 5.26. The number of nitrogens with one attached hydrogen (secondary N) is 1. The molecule has 1 aromatic carbocycles. The number of rotatable bonds is 5.